The molecule has 1 aliphatic heterocycles. The van der Waals surface area contributed by atoms with E-state index in [0.717, 1.165) is 22.5 Å². The number of hydrogen-bond donors (Lipinski definition) is 2. The number of hydrogen-bond acceptors (Lipinski definition) is 5. The van der Waals surface area contributed by atoms with E-state index in [2.05, 4.69) is 29.6 Å². The summed E-state index contributed by atoms with van der Waals surface area (Å²) in [5, 5.41) is 11.3. The van der Waals surface area contributed by atoms with Crippen LogP contribution in [-0.4, -0.2) is 27.7 Å². The van der Waals surface area contributed by atoms with Gasteiger partial charge in [-0.2, -0.15) is 5.10 Å². The molecule has 1 atom stereocenters. The second kappa shape index (κ2) is 6.94. The molecule has 0 aliphatic carbocycles. The number of nitrogens with one attached hydrogen (secondary N) is 2. The molecule has 2 N–H and O–H groups in total. The molecule has 0 fully saturated rings. The third-order valence-corrected chi connectivity index (χ3v) is 5.68. The summed E-state index contributed by atoms with van der Waals surface area (Å²) in [6.07, 6.45) is -0.528. The van der Waals surface area contributed by atoms with Crippen molar-refractivity contribution < 1.29 is 14.3 Å². The van der Waals surface area contributed by atoms with Crippen LogP contribution in [0.15, 0.2) is 24.3 Å². The Labute approximate surface area is 166 Å². The van der Waals surface area contributed by atoms with Crippen LogP contribution in [0.4, 0.5) is 11.4 Å². The topological polar surface area (TPSA) is 85.3 Å². The first kappa shape index (κ1) is 18.5. The van der Waals surface area contributed by atoms with Crippen LogP contribution in [0.3, 0.4) is 0 Å². The standard InChI is InChI=1S/C20H22N4O3S/c1-10(2)9-24-20-14(11(3)23-24)8-17(28-20)19(26)21-13-5-6-16-15(7-13)22-18(25)12(4)27-16/h5-8,10,12H,9H2,1-4H3,(H,21,26)(H,22,25). The van der Waals surface area contributed by atoms with Crippen molar-refractivity contribution in [1.29, 1.82) is 0 Å². The van der Waals surface area contributed by atoms with Crippen LogP contribution >= 0.6 is 11.3 Å². The zero-order chi connectivity index (χ0) is 20.0. The third-order valence-electron chi connectivity index (χ3n) is 4.54. The largest absolute Gasteiger partial charge is 0.479 e. The number of amides is 2. The van der Waals surface area contributed by atoms with E-state index in [1.807, 2.05) is 17.7 Å². The van der Waals surface area contributed by atoms with Crippen LogP contribution in [0.2, 0.25) is 0 Å². The number of nitrogens with zero attached hydrogens (tertiary/aromatic N) is 2. The normalized spacial score (nSPS) is 16.0. The quantitative estimate of drug-likeness (QED) is 0.695. The Morgan fingerprint density at radius 1 is 1.39 bits per heavy atom. The van der Waals surface area contributed by atoms with Crippen LogP contribution in [0.25, 0.3) is 10.2 Å². The zero-order valence-electron chi connectivity index (χ0n) is 16.2. The maximum atomic E-state index is 12.8. The Morgan fingerprint density at radius 2 is 2.18 bits per heavy atom. The predicted molar refractivity (Wildman–Crippen MR) is 110 cm³/mol. The predicted octanol–water partition coefficient (Wildman–Crippen LogP) is 4.03. The number of anilines is 2. The van der Waals surface area contributed by atoms with Crippen molar-refractivity contribution in [3.05, 3.63) is 34.8 Å². The van der Waals surface area contributed by atoms with Gasteiger partial charge in [0.2, 0.25) is 0 Å². The highest BCUT2D eigenvalue weighted by Crippen LogP contribution is 2.33. The van der Waals surface area contributed by atoms with E-state index in [9.17, 15) is 9.59 Å². The smallest absolute Gasteiger partial charge is 0.265 e. The van der Waals surface area contributed by atoms with Crippen molar-refractivity contribution in [3.8, 4) is 5.75 Å². The number of thiophene rings is 1. The van der Waals surface area contributed by atoms with E-state index in [1.54, 1.807) is 25.1 Å². The van der Waals surface area contributed by atoms with Gasteiger partial charge < -0.3 is 15.4 Å². The minimum atomic E-state index is -0.528. The number of rotatable bonds is 4. The molecule has 7 nitrogen and oxygen atoms in total. The summed E-state index contributed by atoms with van der Waals surface area (Å²) in [6.45, 7) is 8.75. The van der Waals surface area contributed by atoms with E-state index in [4.69, 9.17) is 4.74 Å². The average molecular weight is 398 g/mol. The highest BCUT2D eigenvalue weighted by atomic mass is 32.1. The van der Waals surface area contributed by atoms with Gasteiger partial charge in [0, 0.05) is 17.6 Å². The van der Waals surface area contributed by atoms with Crippen molar-refractivity contribution in [1.82, 2.24) is 9.78 Å². The van der Waals surface area contributed by atoms with Gasteiger partial charge in [-0.25, -0.2) is 0 Å². The van der Waals surface area contributed by atoms with Crippen LogP contribution in [0.1, 0.15) is 36.1 Å². The highest BCUT2D eigenvalue weighted by molar-refractivity contribution is 7.20. The fourth-order valence-corrected chi connectivity index (χ4v) is 4.24. The van der Waals surface area contributed by atoms with Gasteiger partial charge in [0.25, 0.3) is 11.8 Å². The lowest BCUT2D eigenvalue weighted by molar-refractivity contribution is -0.122. The van der Waals surface area contributed by atoms with Crippen molar-refractivity contribution in [2.45, 2.75) is 40.3 Å². The van der Waals surface area contributed by atoms with Gasteiger partial charge in [-0.3, -0.25) is 14.3 Å². The molecule has 1 aliphatic rings. The molecule has 2 amide bonds. The first-order valence-electron chi connectivity index (χ1n) is 9.21. The molecule has 146 valence electrons. The van der Waals surface area contributed by atoms with Crippen molar-refractivity contribution in [2.75, 3.05) is 10.6 Å². The van der Waals surface area contributed by atoms with Gasteiger partial charge in [-0.05, 0) is 44.0 Å². The van der Waals surface area contributed by atoms with E-state index < -0.39 is 6.10 Å². The lowest BCUT2D eigenvalue weighted by Gasteiger charge is -2.23. The SMILES string of the molecule is Cc1nn(CC(C)C)c2sc(C(=O)Nc3ccc4c(c3)NC(=O)C(C)O4)cc12. The van der Waals surface area contributed by atoms with Crippen molar-refractivity contribution >= 4 is 44.7 Å². The van der Waals surface area contributed by atoms with Crippen LogP contribution in [-0.2, 0) is 11.3 Å². The summed E-state index contributed by atoms with van der Waals surface area (Å²) >= 11 is 1.44. The van der Waals surface area contributed by atoms with Gasteiger partial charge in [-0.1, -0.05) is 13.8 Å². The Balaban J connectivity index is 1.57. The summed E-state index contributed by atoms with van der Waals surface area (Å²) in [4.78, 5) is 26.2. The minimum absolute atomic E-state index is 0.187. The van der Waals surface area contributed by atoms with Gasteiger partial charge in [0.1, 0.15) is 10.6 Å². The Bertz CT molecular complexity index is 1080. The van der Waals surface area contributed by atoms with Crippen LogP contribution < -0.4 is 15.4 Å². The Morgan fingerprint density at radius 3 is 2.93 bits per heavy atom. The summed E-state index contributed by atoms with van der Waals surface area (Å²) in [7, 11) is 0. The second-order valence-electron chi connectivity index (χ2n) is 7.41. The molecule has 0 spiro atoms. The molecule has 0 saturated heterocycles. The molecule has 28 heavy (non-hydrogen) atoms. The third kappa shape index (κ3) is 3.35. The number of carbonyl (C=O) groups excluding carboxylic acids is 2. The van der Waals surface area contributed by atoms with Crippen molar-refractivity contribution in [3.63, 3.8) is 0 Å². The molecule has 3 heterocycles. The van der Waals surface area contributed by atoms with E-state index in [1.165, 1.54) is 11.3 Å². The van der Waals surface area contributed by atoms with E-state index >= 15 is 0 Å². The first-order valence-corrected chi connectivity index (χ1v) is 10.0. The first-order chi connectivity index (χ1) is 13.3. The number of fused-ring (bicyclic) bond motifs is 2. The molecule has 0 radical (unpaired) electrons. The van der Waals surface area contributed by atoms with E-state index in [0.29, 0.717) is 27.9 Å². The molecule has 1 aromatic carbocycles. The fourth-order valence-electron chi connectivity index (χ4n) is 3.17. The van der Waals surface area contributed by atoms with Gasteiger partial charge in [0.15, 0.2) is 6.10 Å². The summed E-state index contributed by atoms with van der Waals surface area (Å²) < 4.78 is 7.52. The highest BCUT2D eigenvalue weighted by Gasteiger charge is 2.24. The molecule has 0 bridgehead atoms. The Kier molecular flexibility index (Phi) is 4.58. The molecular weight excluding hydrogens is 376 g/mol. The zero-order valence-corrected chi connectivity index (χ0v) is 17.0. The molecule has 0 saturated carbocycles. The Hall–Kier alpha value is -2.87. The lowest BCUT2D eigenvalue weighted by Crippen LogP contribution is -2.34. The fraction of sp³-hybridized carbons (Fsp3) is 0.350. The molecule has 1 unspecified atom stereocenters. The maximum absolute atomic E-state index is 12.8. The van der Waals surface area contributed by atoms with Crippen LogP contribution in [0, 0.1) is 12.8 Å². The summed E-state index contributed by atoms with van der Waals surface area (Å²) in [5.74, 6) is 0.674. The summed E-state index contributed by atoms with van der Waals surface area (Å²) in [5.41, 5.74) is 2.08. The minimum Gasteiger partial charge on any atom is -0.479 e. The lowest BCUT2D eigenvalue weighted by atomic mass is 10.2. The molecule has 3 aromatic rings. The molecular formula is C20H22N4O3S. The molecule has 2 aromatic heterocycles. The molecule has 8 heteroatoms. The van der Waals surface area contributed by atoms with E-state index in [-0.39, 0.29) is 11.8 Å². The number of ether oxygens (including phenoxy) is 1. The monoisotopic (exact) mass is 398 g/mol. The second-order valence-corrected chi connectivity index (χ2v) is 8.44. The van der Waals surface area contributed by atoms with Gasteiger partial charge >= 0.3 is 0 Å². The van der Waals surface area contributed by atoms with Gasteiger partial charge in [-0.15, -0.1) is 11.3 Å². The number of aromatic nitrogens is 2. The average Bonchev–Trinajstić information content (AvgIpc) is 3.18. The number of carbonyl (C=O) groups is 2. The summed E-state index contributed by atoms with van der Waals surface area (Å²) in [6, 6.07) is 7.10. The van der Waals surface area contributed by atoms with Crippen molar-refractivity contribution in [2.24, 2.45) is 5.92 Å². The van der Waals surface area contributed by atoms with Gasteiger partial charge in [0.05, 0.1) is 16.3 Å². The number of aryl methyl sites for hydroxylation is 1. The number of benzene rings is 1. The maximum Gasteiger partial charge on any atom is 0.265 e. The molecule has 4 rings (SSSR count). The van der Waals surface area contributed by atoms with Crippen LogP contribution in [0.5, 0.6) is 5.75 Å².